The van der Waals surface area contributed by atoms with Crippen LogP contribution in [0.3, 0.4) is 0 Å². The minimum Gasteiger partial charge on any atom is -0.346 e. The predicted molar refractivity (Wildman–Crippen MR) is 93.7 cm³/mol. The number of rotatable bonds is 5. The Morgan fingerprint density at radius 1 is 1.27 bits per heavy atom. The first-order valence-corrected chi connectivity index (χ1v) is 9.28. The van der Waals surface area contributed by atoms with E-state index in [4.69, 9.17) is 11.6 Å². The van der Waals surface area contributed by atoms with Crippen LogP contribution in [0.2, 0.25) is 0 Å². The first-order valence-electron chi connectivity index (χ1n) is 7.09. The normalized spacial score (nSPS) is 11.5. The molecule has 2 heterocycles. The highest BCUT2D eigenvalue weighted by Crippen LogP contribution is 2.24. The number of carbonyl (C=O) groups is 1. The molecule has 3 N–H and O–H groups in total. The summed E-state index contributed by atoms with van der Waals surface area (Å²) in [6, 6.07) is 4.91. The summed E-state index contributed by atoms with van der Waals surface area (Å²) in [5.74, 6) is -3.60. The molecule has 0 aliphatic carbocycles. The number of H-pyrrole nitrogens is 1. The fraction of sp³-hybridized carbons (Fsp3) is 0.0667. The molecular formula is C15H11ClF2N4O3S. The summed E-state index contributed by atoms with van der Waals surface area (Å²) in [6.07, 6.45) is 2.96. The van der Waals surface area contributed by atoms with Crippen LogP contribution in [0.25, 0.3) is 11.0 Å². The number of alkyl halides is 1. The zero-order valence-electron chi connectivity index (χ0n) is 12.9. The second-order valence-corrected chi connectivity index (χ2v) is 7.51. The van der Waals surface area contributed by atoms with E-state index in [0.717, 1.165) is 12.1 Å². The van der Waals surface area contributed by atoms with E-state index in [9.17, 15) is 22.0 Å². The average molecular weight is 401 g/mol. The van der Waals surface area contributed by atoms with Crippen molar-refractivity contribution >= 4 is 49.9 Å². The van der Waals surface area contributed by atoms with Gasteiger partial charge in [-0.05, 0) is 24.3 Å². The molecule has 0 aliphatic heterocycles. The monoisotopic (exact) mass is 400 g/mol. The number of pyridine rings is 1. The molecule has 7 nitrogen and oxygen atoms in total. The van der Waals surface area contributed by atoms with Crippen LogP contribution in [0.1, 0.15) is 10.4 Å². The molecule has 1 amide bonds. The zero-order valence-corrected chi connectivity index (χ0v) is 14.5. The van der Waals surface area contributed by atoms with Crippen molar-refractivity contribution in [2.24, 2.45) is 0 Å². The quantitative estimate of drug-likeness (QED) is 0.572. The molecular weight excluding hydrogens is 390 g/mol. The van der Waals surface area contributed by atoms with Crippen molar-refractivity contribution in [3.8, 4) is 0 Å². The number of sulfonamides is 1. The number of amides is 1. The Kier molecular flexibility index (Phi) is 4.79. The molecule has 2 aromatic heterocycles. The van der Waals surface area contributed by atoms with Crippen molar-refractivity contribution in [1.82, 2.24) is 9.97 Å². The average Bonchev–Trinajstić information content (AvgIpc) is 3.05. The summed E-state index contributed by atoms with van der Waals surface area (Å²) in [5.41, 5.74) is -0.726. The van der Waals surface area contributed by atoms with Gasteiger partial charge in [-0.3, -0.25) is 9.52 Å². The SMILES string of the molecule is O=C(Nc1cnc2[nH]ccc2c1)c1c(F)ccc(NS(=O)(=O)CCl)c1F. The standard InChI is InChI=1S/C15H11ClF2N4O3S/c16-7-26(24,25)22-11-2-1-10(17)12(13(11)18)15(23)21-9-5-8-3-4-19-14(8)20-6-9/h1-6,22H,7H2,(H,19,20)(H,21,23). The second kappa shape index (κ2) is 6.89. The number of hydrogen-bond acceptors (Lipinski definition) is 4. The third-order valence-corrected chi connectivity index (χ3v) is 5.07. The lowest BCUT2D eigenvalue weighted by atomic mass is 10.1. The number of halogens is 3. The molecule has 0 saturated carbocycles. The van der Waals surface area contributed by atoms with Gasteiger partial charge in [0.25, 0.3) is 5.91 Å². The lowest BCUT2D eigenvalue weighted by Gasteiger charge is -2.11. The summed E-state index contributed by atoms with van der Waals surface area (Å²) in [6.45, 7) is 0. The molecule has 0 spiro atoms. The van der Waals surface area contributed by atoms with Gasteiger partial charge in [-0.25, -0.2) is 22.2 Å². The van der Waals surface area contributed by atoms with E-state index in [1.165, 1.54) is 6.20 Å². The molecule has 1 aromatic carbocycles. The molecule has 11 heteroatoms. The van der Waals surface area contributed by atoms with Gasteiger partial charge in [0, 0.05) is 11.6 Å². The van der Waals surface area contributed by atoms with Crippen molar-refractivity contribution in [2.75, 3.05) is 15.3 Å². The predicted octanol–water partition coefficient (Wildman–Crippen LogP) is 3.03. The van der Waals surface area contributed by atoms with Gasteiger partial charge in [-0.1, -0.05) is 0 Å². The Hall–Kier alpha value is -2.72. The van der Waals surface area contributed by atoms with Gasteiger partial charge in [0.15, 0.2) is 5.82 Å². The van der Waals surface area contributed by atoms with Gasteiger partial charge in [0.2, 0.25) is 10.0 Å². The Balaban J connectivity index is 1.93. The number of nitrogens with zero attached hydrogens (tertiary/aromatic N) is 1. The molecule has 0 atom stereocenters. The van der Waals surface area contributed by atoms with Gasteiger partial charge in [-0.15, -0.1) is 11.6 Å². The maximum atomic E-state index is 14.5. The summed E-state index contributed by atoms with van der Waals surface area (Å²) < 4.78 is 53.2. The number of nitrogens with one attached hydrogen (secondary N) is 3. The van der Waals surface area contributed by atoms with E-state index in [-0.39, 0.29) is 5.69 Å². The molecule has 0 fully saturated rings. The van der Waals surface area contributed by atoms with E-state index < -0.39 is 44.0 Å². The number of carbonyl (C=O) groups excluding carboxylic acids is 1. The third-order valence-electron chi connectivity index (χ3n) is 3.39. The van der Waals surface area contributed by atoms with E-state index in [2.05, 4.69) is 15.3 Å². The van der Waals surface area contributed by atoms with Crippen molar-refractivity contribution in [1.29, 1.82) is 0 Å². The van der Waals surface area contributed by atoms with Gasteiger partial charge in [-0.2, -0.15) is 0 Å². The van der Waals surface area contributed by atoms with Crippen molar-refractivity contribution in [3.63, 3.8) is 0 Å². The summed E-state index contributed by atoms with van der Waals surface area (Å²) >= 11 is 5.24. The van der Waals surface area contributed by atoms with Crippen LogP contribution in [-0.4, -0.2) is 29.5 Å². The topological polar surface area (TPSA) is 104 Å². The molecule has 3 rings (SSSR count). The summed E-state index contributed by atoms with van der Waals surface area (Å²) in [7, 11) is -4.02. The fourth-order valence-electron chi connectivity index (χ4n) is 2.24. The second-order valence-electron chi connectivity index (χ2n) is 5.20. The number of aromatic amines is 1. The van der Waals surface area contributed by atoms with E-state index in [1.54, 1.807) is 18.3 Å². The van der Waals surface area contributed by atoms with Crippen LogP contribution in [0.4, 0.5) is 20.2 Å². The number of anilines is 2. The molecule has 0 bridgehead atoms. The highest BCUT2D eigenvalue weighted by atomic mass is 35.5. The Bertz CT molecular complexity index is 1100. The summed E-state index contributed by atoms with van der Waals surface area (Å²) in [4.78, 5) is 19.2. The van der Waals surface area contributed by atoms with Crippen LogP contribution in [0.5, 0.6) is 0 Å². The Morgan fingerprint density at radius 2 is 2.04 bits per heavy atom. The molecule has 136 valence electrons. The minimum absolute atomic E-state index is 0.215. The van der Waals surface area contributed by atoms with Gasteiger partial charge < -0.3 is 10.3 Å². The van der Waals surface area contributed by atoms with E-state index in [1.807, 2.05) is 4.72 Å². The molecule has 0 saturated heterocycles. The van der Waals surface area contributed by atoms with Crippen LogP contribution in [0, 0.1) is 11.6 Å². The molecule has 26 heavy (non-hydrogen) atoms. The lowest BCUT2D eigenvalue weighted by molar-refractivity contribution is 0.101. The highest BCUT2D eigenvalue weighted by molar-refractivity contribution is 7.93. The molecule has 0 unspecified atom stereocenters. The van der Waals surface area contributed by atoms with Gasteiger partial charge in [0.1, 0.15) is 22.2 Å². The lowest BCUT2D eigenvalue weighted by Crippen LogP contribution is -2.19. The van der Waals surface area contributed by atoms with E-state index in [0.29, 0.717) is 11.0 Å². The van der Waals surface area contributed by atoms with E-state index >= 15 is 0 Å². The van der Waals surface area contributed by atoms with Crippen LogP contribution in [0.15, 0.2) is 36.7 Å². The molecule has 0 radical (unpaired) electrons. The number of hydrogen-bond donors (Lipinski definition) is 3. The minimum atomic E-state index is -4.02. The zero-order chi connectivity index (χ0) is 18.9. The first kappa shape index (κ1) is 18.1. The maximum Gasteiger partial charge on any atom is 0.261 e. The van der Waals surface area contributed by atoms with Crippen LogP contribution < -0.4 is 10.0 Å². The number of benzene rings is 1. The Morgan fingerprint density at radius 3 is 2.77 bits per heavy atom. The van der Waals surface area contributed by atoms with Crippen LogP contribution in [-0.2, 0) is 10.0 Å². The van der Waals surface area contributed by atoms with Crippen LogP contribution >= 0.6 is 11.6 Å². The smallest absolute Gasteiger partial charge is 0.261 e. The van der Waals surface area contributed by atoms with Gasteiger partial charge >= 0.3 is 0 Å². The van der Waals surface area contributed by atoms with Crippen molar-refractivity contribution in [3.05, 3.63) is 53.9 Å². The van der Waals surface area contributed by atoms with Crippen molar-refractivity contribution < 1.29 is 22.0 Å². The van der Waals surface area contributed by atoms with Crippen molar-refractivity contribution in [2.45, 2.75) is 0 Å². The highest BCUT2D eigenvalue weighted by Gasteiger charge is 2.23. The number of aromatic nitrogens is 2. The Labute approximate surface area is 151 Å². The fourth-order valence-corrected chi connectivity index (χ4v) is 2.95. The summed E-state index contributed by atoms with van der Waals surface area (Å²) in [5, 5.41) is 2.19. The number of fused-ring (bicyclic) bond motifs is 1. The molecule has 3 aromatic rings. The first-order chi connectivity index (χ1) is 12.3. The largest absolute Gasteiger partial charge is 0.346 e. The van der Waals surface area contributed by atoms with Gasteiger partial charge in [0.05, 0.1) is 17.6 Å². The maximum absolute atomic E-state index is 14.5. The third kappa shape index (κ3) is 3.60. The molecule has 0 aliphatic rings.